The normalized spacial score (nSPS) is 22.1. The van der Waals surface area contributed by atoms with Crippen molar-refractivity contribution in [1.82, 2.24) is 4.90 Å². The van der Waals surface area contributed by atoms with Crippen molar-refractivity contribution in [3.05, 3.63) is 36.1 Å². The van der Waals surface area contributed by atoms with Crippen LogP contribution in [0.2, 0.25) is 0 Å². The van der Waals surface area contributed by atoms with E-state index in [2.05, 4.69) is 0 Å². The van der Waals surface area contributed by atoms with Gasteiger partial charge in [0.2, 0.25) is 0 Å². The summed E-state index contributed by atoms with van der Waals surface area (Å²) in [6.45, 7) is 7.20. The minimum absolute atomic E-state index is 0.00935. The molecule has 0 saturated carbocycles. The monoisotopic (exact) mass is 273 g/mol. The van der Waals surface area contributed by atoms with Gasteiger partial charge in [-0.15, -0.1) is 0 Å². The SMILES string of the molecule is C[C@H]1CN(C(=O)c2coc3ccccc23)C(C)(C)CO1. The van der Waals surface area contributed by atoms with Gasteiger partial charge >= 0.3 is 0 Å². The minimum atomic E-state index is -0.304. The van der Waals surface area contributed by atoms with Crippen LogP contribution < -0.4 is 0 Å². The van der Waals surface area contributed by atoms with Gasteiger partial charge in [0.25, 0.3) is 5.91 Å². The predicted octanol–water partition coefficient (Wildman–Crippen LogP) is 3.07. The minimum Gasteiger partial charge on any atom is -0.463 e. The number of ether oxygens (including phenoxy) is 1. The Morgan fingerprint density at radius 3 is 2.90 bits per heavy atom. The van der Waals surface area contributed by atoms with Crippen molar-refractivity contribution in [2.75, 3.05) is 13.2 Å². The largest absolute Gasteiger partial charge is 0.463 e. The van der Waals surface area contributed by atoms with Gasteiger partial charge in [0.1, 0.15) is 11.8 Å². The Morgan fingerprint density at radius 1 is 1.35 bits per heavy atom. The van der Waals surface area contributed by atoms with Crippen molar-refractivity contribution in [1.29, 1.82) is 0 Å². The zero-order chi connectivity index (χ0) is 14.3. The van der Waals surface area contributed by atoms with Gasteiger partial charge in [-0.2, -0.15) is 0 Å². The van der Waals surface area contributed by atoms with Crippen molar-refractivity contribution in [3.8, 4) is 0 Å². The lowest BCUT2D eigenvalue weighted by atomic mass is 9.99. The first kappa shape index (κ1) is 13.2. The number of amides is 1. The van der Waals surface area contributed by atoms with Crippen LogP contribution in [-0.4, -0.2) is 35.6 Å². The Kier molecular flexibility index (Phi) is 3.05. The second kappa shape index (κ2) is 4.63. The number of hydrogen-bond acceptors (Lipinski definition) is 3. The van der Waals surface area contributed by atoms with Crippen LogP contribution >= 0.6 is 0 Å². The molecule has 1 aromatic carbocycles. The number of fused-ring (bicyclic) bond motifs is 1. The predicted molar refractivity (Wildman–Crippen MR) is 76.7 cm³/mol. The van der Waals surface area contributed by atoms with Gasteiger partial charge in [-0.1, -0.05) is 18.2 Å². The molecule has 1 saturated heterocycles. The van der Waals surface area contributed by atoms with E-state index in [0.717, 1.165) is 11.0 Å². The van der Waals surface area contributed by atoms with E-state index < -0.39 is 0 Å². The highest BCUT2D eigenvalue weighted by molar-refractivity contribution is 6.06. The highest BCUT2D eigenvalue weighted by atomic mass is 16.5. The smallest absolute Gasteiger partial charge is 0.258 e. The summed E-state index contributed by atoms with van der Waals surface area (Å²) in [5, 5.41) is 0.868. The third-order valence-electron chi connectivity index (χ3n) is 3.85. The van der Waals surface area contributed by atoms with Crippen LogP contribution in [0.5, 0.6) is 0 Å². The lowest BCUT2D eigenvalue weighted by molar-refractivity contribution is -0.0755. The fourth-order valence-electron chi connectivity index (χ4n) is 2.63. The van der Waals surface area contributed by atoms with Crippen LogP contribution in [0.25, 0.3) is 11.0 Å². The lowest BCUT2D eigenvalue weighted by Crippen LogP contribution is -2.57. The third kappa shape index (κ3) is 2.10. The van der Waals surface area contributed by atoms with Crippen LogP contribution in [0.4, 0.5) is 0 Å². The number of morpholine rings is 1. The van der Waals surface area contributed by atoms with Crippen LogP contribution in [0.3, 0.4) is 0 Å². The van der Waals surface area contributed by atoms with E-state index in [1.165, 1.54) is 0 Å². The second-order valence-electron chi connectivity index (χ2n) is 6.00. The molecule has 0 spiro atoms. The van der Waals surface area contributed by atoms with Gasteiger partial charge < -0.3 is 14.1 Å². The third-order valence-corrected chi connectivity index (χ3v) is 3.85. The number of para-hydroxylation sites is 1. The summed E-state index contributed by atoms with van der Waals surface area (Å²) in [7, 11) is 0. The molecule has 0 N–H and O–H groups in total. The van der Waals surface area contributed by atoms with E-state index in [1.807, 2.05) is 49.9 Å². The van der Waals surface area contributed by atoms with Gasteiger partial charge in [0.15, 0.2) is 0 Å². The standard InChI is InChI=1S/C16H19NO3/c1-11-8-17(16(2,3)10-20-11)15(18)13-9-19-14-7-5-4-6-12(13)14/h4-7,9,11H,8,10H2,1-3H3/t11-/m0/s1. The number of hydrogen-bond donors (Lipinski definition) is 0. The molecule has 1 aliphatic heterocycles. The Hall–Kier alpha value is -1.81. The van der Waals surface area contributed by atoms with Gasteiger partial charge in [-0.3, -0.25) is 4.79 Å². The first-order valence-electron chi connectivity index (χ1n) is 6.89. The van der Waals surface area contributed by atoms with Crippen molar-refractivity contribution < 1.29 is 13.9 Å². The van der Waals surface area contributed by atoms with E-state index in [-0.39, 0.29) is 17.6 Å². The van der Waals surface area contributed by atoms with Gasteiger partial charge in [0, 0.05) is 11.9 Å². The molecule has 0 radical (unpaired) electrons. The molecule has 1 aromatic heterocycles. The zero-order valence-corrected chi connectivity index (χ0v) is 12.1. The van der Waals surface area contributed by atoms with E-state index >= 15 is 0 Å². The molecule has 1 atom stereocenters. The lowest BCUT2D eigenvalue weighted by Gasteiger charge is -2.44. The summed E-state index contributed by atoms with van der Waals surface area (Å²) in [6, 6.07) is 7.62. The first-order valence-corrected chi connectivity index (χ1v) is 6.89. The Labute approximate surface area is 118 Å². The maximum Gasteiger partial charge on any atom is 0.258 e. The van der Waals surface area contributed by atoms with E-state index in [4.69, 9.17) is 9.15 Å². The van der Waals surface area contributed by atoms with Gasteiger partial charge in [-0.05, 0) is 26.8 Å². The summed E-state index contributed by atoms with van der Waals surface area (Å²) in [5.41, 5.74) is 1.07. The van der Waals surface area contributed by atoms with E-state index in [1.54, 1.807) is 6.26 Å². The molecule has 0 aliphatic carbocycles. The van der Waals surface area contributed by atoms with Crippen molar-refractivity contribution >= 4 is 16.9 Å². The molecule has 4 nitrogen and oxygen atoms in total. The summed E-state index contributed by atoms with van der Waals surface area (Å²) in [4.78, 5) is 14.7. The Balaban J connectivity index is 1.99. The molecule has 1 amide bonds. The molecular formula is C16H19NO3. The van der Waals surface area contributed by atoms with Crippen molar-refractivity contribution in [2.24, 2.45) is 0 Å². The topological polar surface area (TPSA) is 42.7 Å². The van der Waals surface area contributed by atoms with E-state index in [9.17, 15) is 4.79 Å². The summed E-state index contributed by atoms with van der Waals surface area (Å²) in [5.74, 6) is 0.00935. The number of carbonyl (C=O) groups is 1. The van der Waals surface area contributed by atoms with Crippen LogP contribution in [-0.2, 0) is 4.74 Å². The fourth-order valence-corrected chi connectivity index (χ4v) is 2.63. The molecule has 106 valence electrons. The molecule has 2 aromatic rings. The fraction of sp³-hybridized carbons (Fsp3) is 0.438. The molecule has 1 aliphatic rings. The second-order valence-corrected chi connectivity index (χ2v) is 6.00. The molecule has 1 fully saturated rings. The molecular weight excluding hydrogens is 254 g/mol. The van der Waals surface area contributed by atoms with Crippen LogP contribution in [0.15, 0.2) is 34.9 Å². The van der Waals surface area contributed by atoms with Gasteiger partial charge in [-0.25, -0.2) is 0 Å². The number of furan rings is 1. The number of benzene rings is 1. The molecule has 3 rings (SSSR count). The van der Waals surface area contributed by atoms with Crippen molar-refractivity contribution in [3.63, 3.8) is 0 Å². The maximum absolute atomic E-state index is 12.8. The van der Waals surface area contributed by atoms with E-state index in [0.29, 0.717) is 18.7 Å². The maximum atomic E-state index is 12.8. The first-order chi connectivity index (χ1) is 9.49. The molecule has 0 unspecified atom stereocenters. The average molecular weight is 273 g/mol. The number of rotatable bonds is 1. The molecule has 0 bridgehead atoms. The quantitative estimate of drug-likeness (QED) is 0.802. The Morgan fingerprint density at radius 2 is 2.10 bits per heavy atom. The van der Waals surface area contributed by atoms with Gasteiger partial charge in [0.05, 0.1) is 23.8 Å². The van der Waals surface area contributed by atoms with Crippen LogP contribution in [0.1, 0.15) is 31.1 Å². The highest BCUT2D eigenvalue weighted by Gasteiger charge is 2.37. The summed E-state index contributed by atoms with van der Waals surface area (Å²) < 4.78 is 11.1. The summed E-state index contributed by atoms with van der Waals surface area (Å²) in [6.07, 6.45) is 1.62. The molecule has 4 heteroatoms. The molecule has 2 heterocycles. The number of nitrogens with zero attached hydrogens (tertiary/aromatic N) is 1. The number of carbonyl (C=O) groups excluding carboxylic acids is 1. The summed E-state index contributed by atoms with van der Waals surface area (Å²) >= 11 is 0. The average Bonchev–Trinajstić information content (AvgIpc) is 2.85. The molecule has 20 heavy (non-hydrogen) atoms. The van der Waals surface area contributed by atoms with Crippen molar-refractivity contribution in [2.45, 2.75) is 32.4 Å². The Bertz CT molecular complexity index is 644. The zero-order valence-electron chi connectivity index (χ0n) is 12.1. The van der Waals surface area contributed by atoms with Crippen LogP contribution in [0, 0.1) is 0 Å². The highest BCUT2D eigenvalue weighted by Crippen LogP contribution is 2.28.